The molecule has 1 aromatic rings. The lowest BCUT2D eigenvalue weighted by molar-refractivity contribution is 0.378. The van der Waals surface area contributed by atoms with Crippen molar-refractivity contribution in [1.82, 2.24) is 15.0 Å². The van der Waals surface area contributed by atoms with E-state index in [1.165, 1.54) is 0 Å². The minimum absolute atomic E-state index is 0.335. The first kappa shape index (κ1) is 13.5. The van der Waals surface area contributed by atoms with E-state index in [0.29, 0.717) is 23.8 Å². The third kappa shape index (κ3) is 3.72. The lowest BCUT2D eigenvalue weighted by atomic mass is 10.2. The van der Waals surface area contributed by atoms with Crippen LogP contribution in [0.2, 0.25) is 0 Å². The fraction of sp³-hybridized carbons (Fsp3) is 0.727. The molecule has 6 heteroatoms. The number of nitrogens with zero attached hydrogens (tertiary/aromatic N) is 4. The van der Waals surface area contributed by atoms with Gasteiger partial charge in [-0.25, -0.2) is 0 Å². The Morgan fingerprint density at radius 3 is 2.47 bits per heavy atom. The number of methoxy groups -OCH3 is 1. The van der Waals surface area contributed by atoms with Gasteiger partial charge in [-0.3, -0.25) is 0 Å². The largest absolute Gasteiger partial charge is 0.467 e. The standard InChI is InChI=1S/C11H21N5O/c1-6-16(7-8(2)3)10-13-9(12-4)14-11(15-10)17-5/h8H,6-7H2,1-5H3,(H,12,13,14,15). The second-order valence-corrected chi connectivity index (χ2v) is 4.13. The summed E-state index contributed by atoms with van der Waals surface area (Å²) in [7, 11) is 3.33. The van der Waals surface area contributed by atoms with Crippen LogP contribution in [-0.2, 0) is 0 Å². The Bertz CT molecular complexity index is 333. The zero-order valence-electron chi connectivity index (χ0n) is 11.2. The maximum Gasteiger partial charge on any atom is 0.322 e. The van der Waals surface area contributed by atoms with E-state index >= 15 is 0 Å². The maximum atomic E-state index is 5.07. The summed E-state index contributed by atoms with van der Waals surface area (Å²) >= 11 is 0. The molecule has 6 nitrogen and oxygen atoms in total. The first-order valence-corrected chi connectivity index (χ1v) is 5.83. The van der Waals surface area contributed by atoms with Gasteiger partial charge >= 0.3 is 6.01 Å². The average Bonchev–Trinajstić information content (AvgIpc) is 2.34. The van der Waals surface area contributed by atoms with Crippen LogP contribution in [0.5, 0.6) is 6.01 Å². The normalized spacial score (nSPS) is 10.5. The van der Waals surface area contributed by atoms with Crippen molar-refractivity contribution >= 4 is 11.9 Å². The summed E-state index contributed by atoms with van der Waals surface area (Å²) in [5.41, 5.74) is 0. The van der Waals surface area contributed by atoms with Crippen LogP contribution in [0.4, 0.5) is 11.9 Å². The van der Waals surface area contributed by atoms with Crippen molar-refractivity contribution in [1.29, 1.82) is 0 Å². The van der Waals surface area contributed by atoms with Crippen LogP contribution in [0.3, 0.4) is 0 Å². The summed E-state index contributed by atoms with van der Waals surface area (Å²) in [5, 5.41) is 2.91. The lowest BCUT2D eigenvalue weighted by Crippen LogP contribution is -2.29. The summed E-state index contributed by atoms with van der Waals surface area (Å²) in [4.78, 5) is 14.8. The van der Waals surface area contributed by atoms with Crippen molar-refractivity contribution in [2.24, 2.45) is 5.92 Å². The zero-order valence-corrected chi connectivity index (χ0v) is 11.2. The Balaban J connectivity index is 3.00. The van der Waals surface area contributed by atoms with Crippen LogP contribution in [-0.4, -0.2) is 42.2 Å². The number of nitrogens with one attached hydrogen (secondary N) is 1. The molecule has 0 aliphatic heterocycles. The van der Waals surface area contributed by atoms with E-state index < -0.39 is 0 Å². The van der Waals surface area contributed by atoms with E-state index in [9.17, 15) is 0 Å². The van der Waals surface area contributed by atoms with Gasteiger partial charge in [-0.1, -0.05) is 13.8 Å². The molecule has 0 radical (unpaired) electrons. The molecule has 0 saturated heterocycles. The van der Waals surface area contributed by atoms with Gasteiger partial charge in [0.2, 0.25) is 11.9 Å². The van der Waals surface area contributed by atoms with Gasteiger partial charge < -0.3 is 15.0 Å². The first-order chi connectivity index (χ1) is 8.10. The Labute approximate surface area is 102 Å². The van der Waals surface area contributed by atoms with Crippen LogP contribution >= 0.6 is 0 Å². The van der Waals surface area contributed by atoms with Gasteiger partial charge in [0.05, 0.1) is 7.11 Å². The quantitative estimate of drug-likeness (QED) is 0.809. The summed E-state index contributed by atoms with van der Waals surface area (Å²) in [6, 6.07) is 0.335. The molecule has 0 atom stereocenters. The monoisotopic (exact) mass is 239 g/mol. The fourth-order valence-electron chi connectivity index (χ4n) is 1.48. The molecule has 1 rings (SSSR count). The SMILES string of the molecule is CCN(CC(C)C)c1nc(NC)nc(OC)n1. The molecule has 0 bridgehead atoms. The summed E-state index contributed by atoms with van der Waals surface area (Å²) in [6.45, 7) is 8.18. The molecule has 0 saturated carbocycles. The number of hydrogen-bond acceptors (Lipinski definition) is 6. The van der Waals surface area contributed by atoms with E-state index in [1.54, 1.807) is 14.2 Å². The number of anilines is 2. The molecule has 96 valence electrons. The van der Waals surface area contributed by atoms with Crippen LogP contribution < -0.4 is 15.0 Å². The van der Waals surface area contributed by atoms with E-state index in [1.807, 2.05) is 0 Å². The molecule has 0 amide bonds. The molecule has 0 fully saturated rings. The minimum Gasteiger partial charge on any atom is -0.467 e. The molecule has 0 aromatic carbocycles. The highest BCUT2D eigenvalue weighted by Gasteiger charge is 2.13. The molecular formula is C11H21N5O. The van der Waals surface area contributed by atoms with Crippen LogP contribution in [0.15, 0.2) is 0 Å². The molecule has 0 unspecified atom stereocenters. The second kappa shape index (κ2) is 6.22. The first-order valence-electron chi connectivity index (χ1n) is 5.83. The van der Waals surface area contributed by atoms with Gasteiger partial charge in [0.25, 0.3) is 0 Å². The van der Waals surface area contributed by atoms with Crippen molar-refractivity contribution < 1.29 is 4.74 Å². The average molecular weight is 239 g/mol. The van der Waals surface area contributed by atoms with Crippen molar-refractivity contribution in [3.05, 3.63) is 0 Å². The maximum absolute atomic E-state index is 5.07. The number of ether oxygens (including phenoxy) is 1. The summed E-state index contributed by atoms with van der Waals surface area (Å²) in [6.07, 6.45) is 0. The smallest absolute Gasteiger partial charge is 0.322 e. The van der Waals surface area contributed by atoms with Gasteiger partial charge in [0.1, 0.15) is 0 Å². The van der Waals surface area contributed by atoms with Gasteiger partial charge in [0, 0.05) is 20.1 Å². The van der Waals surface area contributed by atoms with E-state index in [4.69, 9.17) is 4.74 Å². The molecule has 17 heavy (non-hydrogen) atoms. The van der Waals surface area contributed by atoms with Crippen molar-refractivity contribution in [3.63, 3.8) is 0 Å². The molecular weight excluding hydrogens is 218 g/mol. The molecule has 1 aromatic heterocycles. The van der Waals surface area contributed by atoms with E-state index in [2.05, 4.69) is 45.9 Å². The third-order valence-corrected chi connectivity index (χ3v) is 2.26. The van der Waals surface area contributed by atoms with Gasteiger partial charge in [-0.05, 0) is 12.8 Å². The van der Waals surface area contributed by atoms with Crippen LogP contribution in [0, 0.1) is 5.92 Å². The molecule has 0 spiro atoms. The van der Waals surface area contributed by atoms with Crippen molar-refractivity contribution in [2.45, 2.75) is 20.8 Å². The molecule has 0 aliphatic carbocycles. The highest BCUT2D eigenvalue weighted by atomic mass is 16.5. The minimum atomic E-state index is 0.335. The highest BCUT2D eigenvalue weighted by molar-refractivity contribution is 5.37. The third-order valence-electron chi connectivity index (χ3n) is 2.26. The van der Waals surface area contributed by atoms with E-state index in [0.717, 1.165) is 13.1 Å². The Morgan fingerprint density at radius 2 is 2.00 bits per heavy atom. The number of rotatable bonds is 6. The summed E-state index contributed by atoms with van der Waals surface area (Å²) in [5.74, 6) is 1.72. The topological polar surface area (TPSA) is 63.2 Å². The predicted molar refractivity (Wildman–Crippen MR) is 68.7 cm³/mol. The molecule has 1 heterocycles. The predicted octanol–water partition coefficient (Wildman–Crippen LogP) is 1.40. The highest BCUT2D eigenvalue weighted by Crippen LogP contribution is 2.15. The zero-order chi connectivity index (χ0) is 12.8. The van der Waals surface area contributed by atoms with Gasteiger partial charge in [-0.15, -0.1) is 0 Å². The molecule has 1 N–H and O–H groups in total. The van der Waals surface area contributed by atoms with Gasteiger partial charge in [-0.2, -0.15) is 15.0 Å². The number of aromatic nitrogens is 3. The van der Waals surface area contributed by atoms with Crippen molar-refractivity contribution in [3.8, 4) is 6.01 Å². The Hall–Kier alpha value is -1.59. The van der Waals surface area contributed by atoms with Crippen LogP contribution in [0.25, 0.3) is 0 Å². The van der Waals surface area contributed by atoms with Gasteiger partial charge in [0.15, 0.2) is 0 Å². The van der Waals surface area contributed by atoms with Crippen molar-refractivity contribution in [2.75, 3.05) is 37.5 Å². The fourth-order valence-corrected chi connectivity index (χ4v) is 1.48. The molecule has 0 aliphatic rings. The Kier molecular flexibility index (Phi) is 4.93. The second-order valence-electron chi connectivity index (χ2n) is 4.13. The van der Waals surface area contributed by atoms with E-state index in [-0.39, 0.29) is 0 Å². The number of hydrogen-bond donors (Lipinski definition) is 1. The Morgan fingerprint density at radius 1 is 1.29 bits per heavy atom. The lowest BCUT2D eigenvalue weighted by Gasteiger charge is -2.23. The van der Waals surface area contributed by atoms with Crippen LogP contribution in [0.1, 0.15) is 20.8 Å². The summed E-state index contributed by atoms with van der Waals surface area (Å²) < 4.78 is 5.07.